The summed E-state index contributed by atoms with van der Waals surface area (Å²) in [5.74, 6) is -0.142. The first-order valence-electron chi connectivity index (χ1n) is 10.4. The number of dihydropyridines is 1. The van der Waals surface area contributed by atoms with Crippen LogP contribution in [-0.4, -0.2) is 65.0 Å². The van der Waals surface area contributed by atoms with Gasteiger partial charge >= 0.3 is 5.63 Å². The molecule has 1 fully saturated rings. The molecule has 0 bridgehead atoms. The van der Waals surface area contributed by atoms with Crippen LogP contribution in [0.5, 0.6) is 0 Å². The Kier molecular flexibility index (Phi) is 4.69. The van der Waals surface area contributed by atoms with Gasteiger partial charge in [0.2, 0.25) is 5.71 Å². The largest absolute Gasteiger partial charge is 0.405 e. The molecule has 4 heterocycles. The zero-order valence-electron chi connectivity index (χ0n) is 17.2. The van der Waals surface area contributed by atoms with E-state index in [2.05, 4.69) is 4.99 Å². The number of nitrogens with zero attached hydrogens (tertiary/aromatic N) is 4. The number of carbonyl (C=O) groups excluding carboxylic acids is 2. The minimum Gasteiger partial charge on any atom is -0.405 e. The Bertz CT molecular complexity index is 1320. The first-order valence-corrected chi connectivity index (χ1v) is 10.4. The lowest BCUT2D eigenvalue weighted by Crippen LogP contribution is -2.51. The minimum atomic E-state index is -0.424. The van der Waals surface area contributed by atoms with E-state index in [1.54, 1.807) is 40.3 Å². The van der Waals surface area contributed by atoms with Crippen molar-refractivity contribution in [2.75, 3.05) is 32.7 Å². The number of aryl methyl sites for hydroxylation is 1. The second-order valence-electron chi connectivity index (χ2n) is 7.84. The third-order valence-corrected chi connectivity index (χ3v) is 5.90. The van der Waals surface area contributed by atoms with Crippen molar-refractivity contribution >= 4 is 34.6 Å². The molecule has 0 N–H and O–H groups in total. The highest BCUT2D eigenvalue weighted by Gasteiger charge is 2.26. The maximum atomic E-state index is 13.1. The van der Waals surface area contributed by atoms with E-state index in [-0.39, 0.29) is 11.8 Å². The van der Waals surface area contributed by atoms with Crippen LogP contribution in [0.4, 0.5) is 0 Å². The van der Waals surface area contributed by atoms with Gasteiger partial charge in [-0.2, -0.15) is 0 Å². The molecule has 1 aromatic carbocycles. The fourth-order valence-electron chi connectivity index (χ4n) is 4.21. The van der Waals surface area contributed by atoms with Crippen LogP contribution in [0.2, 0.25) is 0 Å². The van der Waals surface area contributed by atoms with Gasteiger partial charge in [-0.25, -0.2) is 4.79 Å². The van der Waals surface area contributed by atoms with Gasteiger partial charge in [-0.05, 0) is 37.6 Å². The average molecular weight is 418 g/mol. The number of piperazine rings is 1. The molecule has 0 aliphatic carbocycles. The maximum absolute atomic E-state index is 13.1. The zero-order chi connectivity index (χ0) is 21.5. The van der Waals surface area contributed by atoms with Gasteiger partial charge in [0.1, 0.15) is 0 Å². The smallest absolute Gasteiger partial charge is 0.346 e. The average Bonchev–Trinajstić information content (AvgIpc) is 3.19. The molecule has 0 radical (unpaired) electrons. The van der Waals surface area contributed by atoms with Crippen molar-refractivity contribution in [3.05, 3.63) is 63.7 Å². The second-order valence-corrected chi connectivity index (χ2v) is 7.84. The first kappa shape index (κ1) is 19.3. The molecule has 158 valence electrons. The summed E-state index contributed by atoms with van der Waals surface area (Å²) in [5.41, 5.74) is 2.73. The van der Waals surface area contributed by atoms with E-state index in [1.807, 2.05) is 23.5 Å². The molecular formula is C23H22N4O4. The van der Waals surface area contributed by atoms with Crippen molar-refractivity contribution in [2.45, 2.75) is 13.3 Å². The summed E-state index contributed by atoms with van der Waals surface area (Å²) in [6, 6.07) is 8.66. The van der Waals surface area contributed by atoms with Crippen molar-refractivity contribution in [2.24, 2.45) is 4.99 Å². The molecule has 2 aliphatic rings. The third kappa shape index (κ3) is 3.34. The molecule has 5 rings (SSSR count). The van der Waals surface area contributed by atoms with Gasteiger partial charge in [-0.15, -0.1) is 0 Å². The second kappa shape index (κ2) is 7.54. The minimum absolute atomic E-state index is 0.0292. The molecule has 8 heteroatoms. The number of rotatable bonds is 2. The molecule has 2 aromatic heterocycles. The molecule has 8 nitrogen and oxygen atoms in total. The van der Waals surface area contributed by atoms with Gasteiger partial charge < -0.3 is 14.2 Å². The number of hydrogen-bond donors (Lipinski definition) is 0. The molecule has 0 unspecified atom stereocenters. The molecular weight excluding hydrogens is 396 g/mol. The molecule has 0 spiro atoms. The van der Waals surface area contributed by atoms with E-state index < -0.39 is 5.63 Å². The highest BCUT2D eigenvalue weighted by atomic mass is 16.4. The van der Waals surface area contributed by atoms with E-state index in [1.165, 1.54) is 0 Å². The zero-order valence-corrected chi connectivity index (χ0v) is 17.2. The third-order valence-electron chi connectivity index (χ3n) is 5.90. The maximum Gasteiger partial charge on any atom is 0.346 e. The Morgan fingerprint density at radius 2 is 1.74 bits per heavy atom. The summed E-state index contributed by atoms with van der Waals surface area (Å²) < 4.78 is 7.19. The van der Waals surface area contributed by atoms with Gasteiger partial charge in [0.25, 0.3) is 11.8 Å². The normalized spacial score (nSPS) is 16.7. The predicted octanol–water partition coefficient (Wildman–Crippen LogP) is 2.04. The van der Waals surface area contributed by atoms with Crippen molar-refractivity contribution in [3.63, 3.8) is 0 Å². The summed E-state index contributed by atoms with van der Waals surface area (Å²) in [7, 11) is 0. The molecule has 2 amide bonds. The first-order chi connectivity index (χ1) is 15.0. The van der Waals surface area contributed by atoms with E-state index in [0.29, 0.717) is 53.9 Å². The van der Waals surface area contributed by atoms with Crippen molar-refractivity contribution in [1.29, 1.82) is 0 Å². The van der Waals surface area contributed by atoms with E-state index in [0.717, 1.165) is 18.7 Å². The summed E-state index contributed by atoms with van der Waals surface area (Å²) in [6.45, 7) is 4.52. The summed E-state index contributed by atoms with van der Waals surface area (Å²) >= 11 is 0. The van der Waals surface area contributed by atoms with Crippen molar-refractivity contribution in [3.8, 4) is 0 Å². The SMILES string of the molecule is Cc1ccc2oc(=O)c3ccc(C(=O)N4CCN(C(=O)C5=CCCN=C5)CC4)cc3n12. The van der Waals surface area contributed by atoms with Crippen molar-refractivity contribution < 1.29 is 14.0 Å². The predicted molar refractivity (Wildman–Crippen MR) is 117 cm³/mol. The lowest BCUT2D eigenvalue weighted by molar-refractivity contribution is -0.128. The fourth-order valence-corrected chi connectivity index (χ4v) is 4.21. The Balaban J connectivity index is 1.37. The van der Waals surface area contributed by atoms with E-state index in [4.69, 9.17) is 4.42 Å². The van der Waals surface area contributed by atoms with Crippen molar-refractivity contribution in [1.82, 2.24) is 14.2 Å². The topological polar surface area (TPSA) is 87.6 Å². The lowest BCUT2D eigenvalue weighted by atomic mass is 10.1. The van der Waals surface area contributed by atoms with Crippen LogP contribution in [0.1, 0.15) is 22.5 Å². The standard InChI is InChI=1S/C23H22N4O4/c1-15-4-7-20-27(15)19-13-16(5-6-18(19)23(30)31-20)21(28)25-9-11-26(12-10-25)22(29)17-3-2-8-24-14-17/h3-7,13-14H,2,8-12H2,1H3. The quantitative estimate of drug-likeness (QED) is 0.637. The number of benzene rings is 1. The van der Waals surface area contributed by atoms with Crippen LogP contribution in [-0.2, 0) is 4.79 Å². The van der Waals surface area contributed by atoms with Gasteiger partial charge in [0, 0.05) is 56.3 Å². The van der Waals surface area contributed by atoms with Crippen LogP contribution in [0, 0.1) is 6.92 Å². The summed E-state index contributed by atoms with van der Waals surface area (Å²) in [4.78, 5) is 45.8. The van der Waals surface area contributed by atoms with Gasteiger partial charge in [0.15, 0.2) is 0 Å². The van der Waals surface area contributed by atoms with Crippen LogP contribution < -0.4 is 5.63 Å². The lowest BCUT2D eigenvalue weighted by Gasteiger charge is -2.35. The fraction of sp³-hybridized carbons (Fsp3) is 0.304. The number of aliphatic imine (C=N–C) groups is 1. The number of amides is 2. The van der Waals surface area contributed by atoms with Crippen LogP contribution in [0.25, 0.3) is 16.6 Å². The Hall–Kier alpha value is -3.68. The van der Waals surface area contributed by atoms with Gasteiger partial charge in [0.05, 0.1) is 16.5 Å². The summed E-state index contributed by atoms with van der Waals surface area (Å²) in [6.07, 6.45) is 4.34. The molecule has 0 atom stereocenters. The highest BCUT2D eigenvalue weighted by molar-refractivity contribution is 6.12. The monoisotopic (exact) mass is 418 g/mol. The number of hydrogen-bond acceptors (Lipinski definition) is 5. The van der Waals surface area contributed by atoms with E-state index in [9.17, 15) is 14.4 Å². The molecule has 0 saturated carbocycles. The molecule has 2 aliphatic heterocycles. The number of carbonyl (C=O) groups is 2. The Morgan fingerprint density at radius 3 is 2.45 bits per heavy atom. The van der Waals surface area contributed by atoms with Crippen LogP contribution in [0.15, 0.2) is 56.2 Å². The highest BCUT2D eigenvalue weighted by Crippen LogP contribution is 2.20. The molecule has 31 heavy (non-hydrogen) atoms. The van der Waals surface area contributed by atoms with Gasteiger partial charge in [-0.3, -0.25) is 19.0 Å². The Labute approximate surface area is 178 Å². The van der Waals surface area contributed by atoms with Crippen LogP contribution >= 0.6 is 0 Å². The van der Waals surface area contributed by atoms with Crippen LogP contribution in [0.3, 0.4) is 0 Å². The molecule has 3 aromatic rings. The number of aromatic nitrogens is 1. The molecule has 1 saturated heterocycles. The Morgan fingerprint density at radius 1 is 1.00 bits per heavy atom. The van der Waals surface area contributed by atoms with Gasteiger partial charge in [-0.1, -0.05) is 6.08 Å². The summed E-state index contributed by atoms with van der Waals surface area (Å²) in [5, 5.41) is 0.432. The van der Waals surface area contributed by atoms with E-state index >= 15 is 0 Å². The number of fused-ring (bicyclic) bond motifs is 3.